The van der Waals surface area contributed by atoms with Gasteiger partial charge in [0.05, 0.1) is 23.3 Å². The molecule has 4 N–H and O–H groups in total. The Kier molecular flexibility index (Phi) is 4.06. The molecule has 0 fully saturated rings. The highest BCUT2D eigenvalue weighted by molar-refractivity contribution is 7.19. The van der Waals surface area contributed by atoms with Crippen molar-refractivity contribution in [2.24, 2.45) is 0 Å². The number of carbonyl (C=O) groups is 2. The average molecular weight is 403 g/mol. The number of allylic oxidation sites excluding steroid dienone is 1. The van der Waals surface area contributed by atoms with Gasteiger partial charge in [-0.05, 0) is 42.6 Å². The SMILES string of the molecule is CC1=C(C(=O)Nc2ccc3[nH]ncc3c2)C(c2cc3ccccc3s2)NC(=O)N1. The summed E-state index contributed by atoms with van der Waals surface area (Å²) in [6, 6.07) is 14.7. The molecule has 2 aromatic heterocycles. The number of fused-ring (bicyclic) bond motifs is 2. The molecule has 0 saturated heterocycles. The molecule has 3 amide bonds. The first-order valence-corrected chi connectivity index (χ1v) is 9.91. The lowest BCUT2D eigenvalue weighted by molar-refractivity contribution is -0.113. The minimum absolute atomic E-state index is 0.264. The number of H-pyrrole nitrogens is 1. The smallest absolute Gasteiger partial charge is 0.319 e. The number of hydrogen-bond donors (Lipinski definition) is 4. The van der Waals surface area contributed by atoms with E-state index < -0.39 is 6.04 Å². The summed E-state index contributed by atoms with van der Waals surface area (Å²) in [6.45, 7) is 1.74. The Bertz CT molecular complexity index is 1270. The van der Waals surface area contributed by atoms with Crippen LogP contribution in [0.1, 0.15) is 17.8 Å². The van der Waals surface area contributed by atoms with E-state index in [0.717, 1.165) is 25.9 Å². The normalized spacial score (nSPS) is 16.7. The van der Waals surface area contributed by atoms with Crippen LogP contribution in [-0.4, -0.2) is 22.1 Å². The maximum absolute atomic E-state index is 13.2. The average Bonchev–Trinajstić information content (AvgIpc) is 3.33. The summed E-state index contributed by atoms with van der Waals surface area (Å²) in [7, 11) is 0. The first-order valence-electron chi connectivity index (χ1n) is 9.10. The fourth-order valence-electron chi connectivity index (χ4n) is 3.57. The van der Waals surface area contributed by atoms with Crippen LogP contribution >= 0.6 is 11.3 Å². The molecular formula is C21H17N5O2S. The van der Waals surface area contributed by atoms with Gasteiger partial charge in [0, 0.05) is 26.3 Å². The Morgan fingerprint density at radius 2 is 2.00 bits per heavy atom. The standard InChI is InChI=1S/C21H17N5O2S/c1-11-18(20(27)24-14-6-7-15-13(8-14)10-22-26-15)19(25-21(28)23-11)17-9-12-4-2-3-5-16(12)29-17/h2-10,19H,1H3,(H,22,26)(H,24,27)(H2,23,25,28). The van der Waals surface area contributed by atoms with Gasteiger partial charge < -0.3 is 16.0 Å². The summed E-state index contributed by atoms with van der Waals surface area (Å²) in [6.07, 6.45) is 1.71. The van der Waals surface area contributed by atoms with Gasteiger partial charge in [-0.3, -0.25) is 9.89 Å². The van der Waals surface area contributed by atoms with E-state index >= 15 is 0 Å². The highest BCUT2D eigenvalue weighted by atomic mass is 32.1. The summed E-state index contributed by atoms with van der Waals surface area (Å²) in [4.78, 5) is 26.2. The zero-order chi connectivity index (χ0) is 20.0. The predicted molar refractivity (Wildman–Crippen MR) is 114 cm³/mol. The molecule has 8 heteroatoms. The molecule has 3 heterocycles. The van der Waals surface area contributed by atoms with Crippen molar-refractivity contribution < 1.29 is 9.59 Å². The largest absolute Gasteiger partial charge is 0.326 e. The van der Waals surface area contributed by atoms with Crippen molar-refractivity contribution in [3.8, 4) is 0 Å². The number of hydrogen-bond acceptors (Lipinski definition) is 4. The Morgan fingerprint density at radius 3 is 2.86 bits per heavy atom. The Balaban J connectivity index is 1.51. The van der Waals surface area contributed by atoms with Crippen molar-refractivity contribution in [2.75, 3.05) is 5.32 Å². The summed E-state index contributed by atoms with van der Waals surface area (Å²) >= 11 is 1.57. The number of nitrogens with one attached hydrogen (secondary N) is 4. The molecule has 1 aliphatic rings. The molecule has 7 nitrogen and oxygen atoms in total. The number of aromatic amines is 1. The molecule has 1 unspecified atom stereocenters. The number of rotatable bonds is 3. The maximum atomic E-state index is 13.2. The number of carbonyl (C=O) groups excluding carboxylic acids is 2. The fraction of sp³-hybridized carbons (Fsp3) is 0.0952. The fourth-order valence-corrected chi connectivity index (χ4v) is 4.70. The zero-order valence-electron chi connectivity index (χ0n) is 15.4. The van der Waals surface area contributed by atoms with E-state index in [2.05, 4.69) is 26.1 Å². The van der Waals surface area contributed by atoms with Crippen LogP contribution < -0.4 is 16.0 Å². The van der Waals surface area contributed by atoms with E-state index in [0.29, 0.717) is 17.0 Å². The van der Waals surface area contributed by atoms with E-state index in [4.69, 9.17) is 0 Å². The van der Waals surface area contributed by atoms with Gasteiger partial charge in [0.1, 0.15) is 0 Å². The number of nitrogens with zero attached hydrogens (tertiary/aromatic N) is 1. The molecule has 1 atom stereocenters. The van der Waals surface area contributed by atoms with Crippen molar-refractivity contribution in [3.63, 3.8) is 0 Å². The highest BCUT2D eigenvalue weighted by Crippen LogP contribution is 2.35. The monoisotopic (exact) mass is 403 g/mol. The van der Waals surface area contributed by atoms with Gasteiger partial charge in [0.15, 0.2) is 0 Å². The van der Waals surface area contributed by atoms with E-state index in [1.165, 1.54) is 0 Å². The van der Waals surface area contributed by atoms with Crippen molar-refractivity contribution >= 4 is 50.0 Å². The van der Waals surface area contributed by atoms with Crippen LogP contribution in [0.5, 0.6) is 0 Å². The molecule has 5 rings (SSSR count). The molecular weight excluding hydrogens is 386 g/mol. The third-order valence-corrected chi connectivity index (χ3v) is 6.12. The minimum atomic E-state index is -0.515. The van der Waals surface area contributed by atoms with Crippen molar-refractivity contribution in [1.82, 2.24) is 20.8 Å². The number of urea groups is 1. The summed E-state index contributed by atoms with van der Waals surface area (Å²) in [5, 5.41) is 17.4. The maximum Gasteiger partial charge on any atom is 0.319 e. The van der Waals surface area contributed by atoms with Gasteiger partial charge in [-0.2, -0.15) is 5.10 Å². The van der Waals surface area contributed by atoms with Crippen molar-refractivity contribution in [1.29, 1.82) is 0 Å². The van der Waals surface area contributed by atoms with Gasteiger partial charge in [-0.25, -0.2) is 4.79 Å². The van der Waals surface area contributed by atoms with Crippen LogP contribution in [-0.2, 0) is 4.79 Å². The summed E-state index contributed by atoms with van der Waals surface area (Å²) < 4.78 is 1.11. The van der Waals surface area contributed by atoms with Gasteiger partial charge in [0.25, 0.3) is 5.91 Å². The van der Waals surface area contributed by atoms with E-state index in [-0.39, 0.29) is 11.9 Å². The second kappa shape index (κ2) is 6.75. The molecule has 29 heavy (non-hydrogen) atoms. The molecule has 0 bridgehead atoms. The van der Waals surface area contributed by atoms with Gasteiger partial charge in [-0.15, -0.1) is 11.3 Å². The van der Waals surface area contributed by atoms with E-state index in [1.54, 1.807) is 24.5 Å². The second-order valence-corrected chi connectivity index (χ2v) is 8.00. The van der Waals surface area contributed by atoms with Crippen LogP contribution in [0.4, 0.5) is 10.5 Å². The number of amides is 3. The Morgan fingerprint density at radius 1 is 1.14 bits per heavy atom. The lowest BCUT2D eigenvalue weighted by atomic mass is 10.00. The number of benzene rings is 2. The molecule has 1 aliphatic heterocycles. The predicted octanol–water partition coefficient (Wildman–Crippen LogP) is 4.04. The zero-order valence-corrected chi connectivity index (χ0v) is 16.3. The number of anilines is 1. The lowest BCUT2D eigenvalue weighted by Crippen LogP contribution is -2.45. The van der Waals surface area contributed by atoms with Gasteiger partial charge in [0.2, 0.25) is 0 Å². The quantitative estimate of drug-likeness (QED) is 0.415. The Labute approximate surface area is 169 Å². The molecule has 144 valence electrons. The third kappa shape index (κ3) is 3.13. The summed E-state index contributed by atoms with van der Waals surface area (Å²) in [5.74, 6) is -0.264. The highest BCUT2D eigenvalue weighted by Gasteiger charge is 2.32. The molecule has 2 aromatic carbocycles. The van der Waals surface area contributed by atoms with E-state index in [1.807, 2.05) is 48.5 Å². The van der Waals surface area contributed by atoms with Crippen LogP contribution in [0.2, 0.25) is 0 Å². The second-order valence-electron chi connectivity index (χ2n) is 6.88. The molecule has 0 spiro atoms. The first-order chi connectivity index (χ1) is 14.1. The summed E-state index contributed by atoms with van der Waals surface area (Å²) in [5.41, 5.74) is 2.59. The van der Waals surface area contributed by atoms with Crippen LogP contribution in [0.15, 0.2) is 66.0 Å². The third-order valence-electron chi connectivity index (χ3n) is 4.94. The number of thiophene rings is 1. The van der Waals surface area contributed by atoms with Crippen molar-refractivity contribution in [3.05, 3.63) is 70.9 Å². The van der Waals surface area contributed by atoms with Crippen LogP contribution in [0.25, 0.3) is 21.0 Å². The number of aromatic nitrogens is 2. The molecule has 0 aliphatic carbocycles. The lowest BCUT2D eigenvalue weighted by Gasteiger charge is -2.27. The van der Waals surface area contributed by atoms with E-state index in [9.17, 15) is 9.59 Å². The minimum Gasteiger partial charge on any atom is -0.326 e. The molecule has 0 saturated carbocycles. The van der Waals surface area contributed by atoms with Crippen LogP contribution in [0, 0.1) is 0 Å². The van der Waals surface area contributed by atoms with Crippen molar-refractivity contribution in [2.45, 2.75) is 13.0 Å². The topological polar surface area (TPSA) is 98.9 Å². The first kappa shape index (κ1) is 17.4. The molecule has 0 radical (unpaired) electrons. The molecule has 4 aromatic rings. The van der Waals surface area contributed by atoms with Crippen LogP contribution in [0.3, 0.4) is 0 Å². The Hall–Kier alpha value is -3.65. The van der Waals surface area contributed by atoms with Gasteiger partial charge in [-0.1, -0.05) is 18.2 Å². The van der Waals surface area contributed by atoms with Gasteiger partial charge >= 0.3 is 6.03 Å².